The minimum Gasteiger partial charge on any atom is -0.467 e. The third-order valence-corrected chi connectivity index (χ3v) is 5.28. The molecule has 0 bridgehead atoms. The molecular weight excluding hydrogens is 424 g/mol. The summed E-state index contributed by atoms with van der Waals surface area (Å²) in [6.45, 7) is 1.88. The lowest BCUT2D eigenvalue weighted by molar-refractivity contribution is -0.384. The van der Waals surface area contributed by atoms with E-state index >= 15 is 0 Å². The van der Waals surface area contributed by atoms with E-state index in [1.165, 1.54) is 23.3 Å². The van der Waals surface area contributed by atoms with Crippen LogP contribution in [0.3, 0.4) is 0 Å². The number of para-hydroxylation sites is 1. The van der Waals surface area contributed by atoms with Crippen LogP contribution in [0, 0.1) is 10.1 Å². The van der Waals surface area contributed by atoms with E-state index in [0.717, 1.165) is 5.56 Å². The van der Waals surface area contributed by atoms with Crippen LogP contribution in [0.25, 0.3) is 0 Å². The third kappa shape index (κ3) is 6.75. The average molecular weight is 450 g/mol. The molecule has 0 unspecified atom stereocenters. The highest BCUT2D eigenvalue weighted by Crippen LogP contribution is 2.23. The van der Waals surface area contributed by atoms with Crippen LogP contribution in [0.5, 0.6) is 0 Å². The summed E-state index contributed by atoms with van der Waals surface area (Å²) < 4.78 is 5.37. The number of hydrogen-bond acceptors (Lipinski definition) is 6. The molecule has 9 nitrogen and oxygen atoms in total. The highest BCUT2D eigenvalue weighted by molar-refractivity contribution is 5.94. The summed E-state index contributed by atoms with van der Waals surface area (Å²) in [4.78, 5) is 39.6. The van der Waals surface area contributed by atoms with Crippen LogP contribution >= 0.6 is 0 Å². The van der Waals surface area contributed by atoms with Crippen molar-refractivity contribution in [3.63, 3.8) is 0 Å². The van der Waals surface area contributed by atoms with Gasteiger partial charge in [-0.1, -0.05) is 30.3 Å². The largest absolute Gasteiger partial charge is 0.467 e. The van der Waals surface area contributed by atoms with Gasteiger partial charge in [-0.25, -0.2) is 0 Å². The number of nitrogens with one attached hydrogen (secondary N) is 1. The Kier molecular flexibility index (Phi) is 7.93. The fourth-order valence-corrected chi connectivity index (χ4v) is 3.32. The molecule has 0 spiro atoms. The number of nitrogens with zero attached hydrogens (tertiary/aromatic N) is 3. The molecule has 0 radical (unpaired) electrons. The predicted molar refractivity (Wildman–Crippen MR) is 123 cm³/mol. The second kappa shape index (κ2) is 11.1. The number of carbonyl (C=O) groups is 2. The molecule has 0 saturated heterocycles. The fraction of sp³-hybridized carbons (Fsp3) is 0.250. The zero-order valence-corrected chi connectivity index (χ0v) is 18.5. The molecule has 0 fully saturated rings. The van der Waals surface area contributed by atoms with Crippen molar-refractivity contribution in [1.82, 2.24) is 9.80 Å². The number of non-ortho nitro benzene ring substituents is 1. The minimum atomic E-state index is -0.447. The van der Waals surface area contributed by atoms with Crippen molar-refractivity contribution in [2.75, 3.05) is 25.5 Å². The maximum absolute atomic E-state index is 13.1. The van der Waals surface area contributed by atoms with Crippen molar-refractivity contribution in [3.8, 4) is 0 Å². The van der Waals surface area contributed by atoms with Gasteiger partial charge in [0.2, 0.25) is 11.8 Å². The summed E-state index contributed by atoms with van der Waals surface area (Å²) in [6, 6.07) is 18.6. The number of rotatable bonds is 10. The van der Waals surface area contributed by atoms with Crippen molar-refractivity contribution in [3.05, 3.63) is 94.4 Å². The number of benzene rings is 2. The first-order valence-electron chi connectivity index (χ1n) is 10.4. The van der Waals surface area contributed by atoms with Gasteiger partial charge in [0.25, 0.3) is 5.69 Å². The Morgan fingerprint density at radius 3 is 2.48 bits per heavy atom. The summed E-state index contributed by atoms with van der Waals surface area (Å²) in [6.07, 6.45) is 1.51. The van der Waals surface area contributed by atoms with E-state index in [1.807, 2.05) is 25.1 Å². The number of anilines is 1. The Labute approximate surface area is 191 Å². The number of nitro groups is 1. The van der Waals surface area contributed by atoms with Crippen molar-refractivity contribution in [1.29, 1.82) is 0 Å². The molecular formula is C24H26N4O5. The predicted octanol–water partition coefficient (Wildman–Crippen LogP) is 3.85. The molecule has 0 aliphatic carbocycles. The highest BCUT2D eigenvalue weighted by atomic mass is 16.6. The van der Waals surface area contributed by atoms with E-state index in [0.29, 0.717) is 11.4 Å². The monoisotopic (exact) mass is 450 g/mol. The summed E-state index contributed by atoms with van der Waals surface area (Å²) in [7, 11) is 1.76. The topological polar surface area (TPSA) is 109 Å². The molecule has 0 aliphatic rings. The van der Waals surface area contributed by atoms with Crippen LogP contribution < -0.4 is 5.32 Å². The molecule has 2 amide bonds. The van der Waals surface area contributed by atoms with E-state index in [2.05, 4.69) is 5.32 Å². The number of hydrogen-bond donors (Lipinski definition) is 1. The van der Waals surface area contributed by atoms with Crippen LogP contribution in [-0.2, 0) is 16.1 Å². The Morgan fingerprint density at radius 2 is 1.82 bits per heavy atom. The average Bonchev–Trinajstić information content (AvgIpc) is 3.32. The normalized spacial score (nSPS) is 11.7. The Bertz CT molecular complexity index is 1090. The number of likely N-dealkylation sites (N-methyl/N-ethyl adjacent to an activating group) is 1. The summed E-state index contributed by atoms with van der Waals surface area (Å²) in [5, 5.41) is 13.9. The van der Waals surface area contributed by atoms with Gasteiger partial charge in [0.15, 0.2) is 0 Å². The molecule has 3 aromatic rings. The molecule has 33 heavy (non-hydrogen) atoms. The lowest BCUT2D eigenvalue weighted by Gasteiger charge is -2.28. The number of amides is 2. The van der Waals surface area contributed by atoms with Gasteiger partial charge < -0.3 is 14.6 Å². The maximum Gasteiger partial charge on any atom is 0.269 e. The third-order valence-electron chi connectivity index (χ3n) is 5.28. The molecule has 1 aromatic heterocycles. The lowest BCUT2D eigenvalue weighted by atomic mass is 10.1. The van der Waals surface area contributed by atoms with Gasteiger partial charge in [-0.3, -0.25) is 24.6 Å². The SMILES string of the molecule is C[C@H](c1cccc([N+](=O)[O-])c1)N(C)CC(=O)N(CC(=O)Nc1ccccc1)Cc1ccco1. The van der Waals surface area contributed by atoms with Gasteiger partial charge in [-0.2, -0.15) is 0 Å². The number of furan rings is 1. The van der Waals surface area contributed by atoms with Gasteiger partial charge in [0.1, 0.15) is 12.3 Å². The van der Waals surface area contributed by atoms with Crippen LogP contribution in [0.15, 0.2) is 77.4 Å². The zero-order valence-electron chi connectivity index (χ0n) is 18.5. The molecule has 3 rings (SSSR count). The van der Waals surface area contributed by atoms with Crippen molar-refractivity contribution >= 4 is 23.2 Å². The quantitative estimate of drug-likeness (QED) is 0.371. The van der Waals surface area contributed by atoms with Gasteiger partial charge in [-0.05, 0) is 43.8 Å². The van der Waals surface area contributed by atoms with E-state index < -0.39 is 4.92 Å². The standard InChI is InChI=1S/C24H26N4O5/c1-18(19-8-6-11-21(14-19)28(31)32)26(2)17-24(30)27(15-22-12-7-13-33-22)16-23(29)25-20-9-4-3-5-10-20/h3-14,18H,15-17H2,1-2H3,(H,25,29)/t18-/m1/s1. The van der Waals surface area contributed by atoms with Crippen LogP contribution in [0.1, 0.15) is 24.3 Å². The molecule has 1 N–H and O–H groups in total. The van der Waals surface area contributed by atoms with Crippen LogP contribution in [-0.4, -0.2) is 46.7 Å². The molecule has 172 valence electrons. The van der Waals surface area contributed by atoms with Crippen LogP contribution in [0.4, 0.5) is 11.4 Å². The number of nitro benzene ring substituents is 1. The van der Waals surface area contributed by atoms with Gasteiger partial charge in [0, 0.05) is 23.9 Å². The van der Waals surface area contributed by atoms with Gasteiger partial charge in [0.05, 0.1) is 24.3 Å². The van der Waals surface area contributed by atoms with Gasteiger partial charge in [-0.15, -0.1) is 0 Å². The van der Waals surface area contributed by atoms with Crippen LogP contribution in [0.2, 0.25) is 0 Å². The second-order valence-corrected chi connectivity index (χ2v) is 7.69. The Morgan fingerprint density at radius 1 is 1.06 bits per heavy atom. The highest BCUT2D eigenvalue weighted by Gasteiger charge is 2.23. The van der Waals surface area contributed by atoms with E-state index in [9.17, 15) is 19.7 Å². The van der Waals surface area contributed by atoms with E-state index in [-0.39, 0.29) is 43.2 Å². The van der Waals surface area contributed by atoms with E-state index in [4.69, 9.17) is 4.42 Å². The summed E-state index contributed by atoms with van der Waals surface area (Å²) >= 11 is 0. The number of carbonyl (C=O) groups excluding carboxylic acids is 2. The van der Waals surface area contributed by atoms with Gasteiger partial charge >= 0.3 is 0 Å². The van der Waals surface area contributed by atoms with Crippen molar-refractivity contribution in [2.24, 2.45) is 0 Å². The first kappa shape index (κ1) is 23.7. The van der Waals surface area contributed by atoms with E-state index in [1.54, 1.807) is 48.3 Å². The smallest absolute Gasteiger partial charge is 0.269 e. The molecule has 0 saturated carbocycles. The second-order valence-electron chi connectivity index (χ2n) is 7.69. The summed E-state index contributed by atoms with van der Waals surface area (Å²) in [5.41, 5.74) is 1.36. The molecule has 2 aromatic carbocycles. The first-order valence-corrected chi connectivity index (χ1v) is 10.4. The van der Waals surface area contributed by atoms with Crippen molar-refractivity contribution < 1.29 is 18.9 Å². The molecule has 0 aliphatic heterocycles. The molecule has 1 atom stereocenters. The molecule has 1 heterocycles. The summed E-state index contributed by atoms with van der Waals surface area (Å²) in [5.74, 6) is -0.0323. The van der Waals surface area contributed by atoms with Crippen molar-refractivity contribution in [2.45, 2.75) is 19.5 Å². The lowest BCUT2D eigenvalue weighted by Crippen LogP contribution is -2.43. The Hall–Kier alpha value is -3.98. The molecule has 9 heteroatoms. The maximum atomic E-state index is 13.1. The first-order chi connectivity index (χ1) is 15.8. The minimum absolute atomic E-state index is 0.00361. The zero-order chi connectivity index (χ0) is 23.8. The Balaban J connectivity index is 1.68. The fourth-order valence-electron chi connectivity index (χ4n) is 3.32.